The smallest absolute Gasteiger partial charge is 0.260 e. The first-order chi connectivity index (χ1) is 14.6. The van der Waals surface area contributed by atoms with Crippen molar-refractivity contribution in [1.29, 1.82) is 0 Å². The molecule has 0 aliphatic rings. The van der Waals surface area contributed by atoms with Gasteiger partial charge in [-0.05, 0) is 31.1 Å². The second-order valence-electron chi connectivity index (χ2n) is 7.32. The summed E-state index contributed by atoms with van der Waals surface area (Å²) < 4.78 is 10.0. The minimum Gasteiger partial charge on any atom is -0.475 e. The SMILES string of the molecule is C=C(C)c1cnc2c(OCCc3c[nH]c4ccccc34)nc(-n3ccnc3C)cn12. The molecule has 0 aliphatic carbocycles. The Morgan fingerprint density at radius 2 is 2.10 bits per heavy atom. The average molecular weight is 398 g/mol. The third-order valence-electron chi connectivity index (χ3n) is 5.24. The van der Waals surface area contributed by atoms with Crippen molar-refractivity contribution in [2.24, 2.45) is 0 Å². The minimum atomic E-state index is 0.492. The second kappa shape index (κ2) is 7.18. The highest BCUT2D eigenvalue weighted by atomic mass is 16.5. The molecule has 0 saturated heterocycles. The highest BCUT2D eigenvalue weighted by Gasteiger charge is 2.15. The number of aromatic amines is 1. The summed E-state index contributed by atoms with van der Waals surface area (Å²) in [5.74, 6) is 2.07. The van der Waals surface area contributed by atoms with E-state index in [4.69, 9.17) is 9.72 Å². The number of ether oxygens (including phenoxy) is 1. The molecule has 150 valence electrons. The highest BCUT2D eigenvalue weighted by Crippen LogP contribution is 2.24. The van der Waals surface area contributed by atoms with E-state index in [9.17, 15) is 0 Å². The zero-order valence-corrected chi connectivity index (χ0v) is 17.0. The number of aryl methyl sites for hydroxylation is 1. The number of imidazole rings is 2. The molecule has 7 heteroatoms. The molecule has 0 atom stereocenters. The molecular formula is C23H22N6O. The van der Waals surface area contributed by atoms with Crippen LogP contribution in [0.15, 0.2) is 61.8 Å². The van der Waals surface area contributed by atoms with Gasteiger partial charge in [-0.2, -0.15) is 4.98 Å². The molecule has 0 aliphatic heterocycles. The molecule has 0 radical (unpaired) electrons. The Balaban J connectivity index is 1.49. The second-order valence-corrected chi connectivity index (χ2v) is 7.32. The van der Waals surface area contributed by atoms with Crippen LogP contribution in [0.4, 0.5) is 0 Å². The molecule has 5 aromatic rings. The van der Waals surface area contributed by atoms with Crippen LogP contribution in [0, 0.1) is 6.92 Å². The first-order valence-corrected chi connectivity index (χ1v) is 9.84. The number of H-pyrrole nitrogens is 1. The molecule has 4 aromatic heterocycles. The van der Waals surface area contributed by atoms with Crippen molar-refractivity contribution in [3.63, 3.8) is 0 Å². The maximum Gasteiger partial charge on any atom is 0.260 e. The predicted octanol–water partition coefficient (Wildman–Crippen LogP) is 4.36. The summed E-state index contributed by atoms with van der Waals surface area (Å²) >= 11 is 0. The van der Waals surface area contributed by atoms with Crippen molar-refractivity contribution < 1.29 is 4.74 Å². The van der Waals surface area contributed by atoms with E-state index in [-0.39, 0.29) is 0 Å². The van der Waals surface area contributed by atoms with Crippen LogP contribution >= 0.6 is 0 Å². The maximum atomic E-state index is 6.14. The van der Waals surface area contributed by atoms with Gasteiger partial charge in [0.05, 0.1) is 24.7 Å². The monoisotopic (exact) mass is 398 g/mol. The van der Waals surface area contributed by atoms with E-state index < -0.39 is 0 Å². The van der Waals surface area contributed by atoms with Gasteiger partial charge in [-0.25, -0.2) is 9.97 Å². The fraction of sp³-hybridized carbons (Fsp3) is 0.174. The number of rotatable bonds is 6. The average Bonchev–Trinajstić information content (AvgIpc) is 3.46. The van der Waals surface area contributed by atoms with Gasteiger partial charge < -0.3 is 9.72 Å². The summed E-state index contributed by atoms with van der Waals surface area (Å²) in [5.41, 5.74) is 4.87. The van der Waals surface area contributed by atoms with Gasteiger partial charge in [0.25, 0.3) is 5.88 Å². The van der Waals surface area contributed by atoms with E-state index in [1.54, 1.807) is 12.4 Å². The van der Waals surface area contributed by atoms with E-state index in [1.165, 1.54) is 10.9 Å². The molecule has 0 bridgehead atoms. The number of para-hydroxylation sites is 1. The summed E-state index contributed by atoms with van der Waals surface area (Å²) in [6.45, 7) is 8.46. The normalized spacial score (nSPS) is 11.4. The van der Waals surface area contributed by atoms with Crippen molar-refractivity contribution in [1.82, 2.24) is 28.9 Å². The van der Waals surface area contributed by atoms with Crippen molar-refractivity contribution in [2.45, 2.75) is 20.3 Å². The van der Waals surface area contributed by atoms with E-state index in [1.807, 2.05) is 53.5 Å². The molecule has 0 spiro atoms. The summed E-state index contributed by atoms with van der Waals surface area (Å²) in [5, 5.41) is 1.22. The van der Waals surface area contributed by atoms with Gasteiger partial charge >= 0.3 is 0 Å². The van der Waals surface area contributed by atoms with Crippen LogP contribution in [0.3, 0.4) is 0 Å². The van der Waals surface area contributed by atoms with Crippen LogP contribution in [-0.4, -0.2) is 35.5 Å². The molecule has 1 N–H and O–H groups in total. The maximum absolute atomic E-state index is 6.14. The molecule has 7 nitrogen and oxygen atoms in total. The van der Waals surface area contributed by atoms with Crippen molar-refractivity contribution >= 4 is 22.1 Å². The lowest BCUT2D eigenvalue weighted by molar-refractivity contribution is 0.311. The molecule has 30 heavy (non-hydrogen) atoms. The third-order valence-corrected chi connectivity index (χ3v) is 5.24. The predicted molar refractivity (Wildman–Crippen MR) is 117 cm³/mol. The number of nitrogens with one attached hydrogen (secondary N) is 1. The van der Waals surface area contributed by atoms with Crippen molar-refractivity contribution in [2.75, 3.05) is 6.61 Å². The van der Waals surface area contributed by atoms with Crippen LogP contribution in [0.1, 0.15) is 24.0 Å². The summed E-state index contributed by atoms with van der Waals surface area (Å²) in [6.07, 6.45) is 10.2. The number of hydrogen-bond acceptors (Lipinski definition) is 4. The van der Waals surface area contributed by atoms with Gasteiger partial charge in [0, 0.05) is 35.9 Å². The molecule has 0 saturated carbocycles. The first kappa shape index (κ1) is 18.2. The molecule has 5 rings (SSSR count). The van der Waals surface area contributed by atoms with E-state index >= 15 is 0 Å². The van der Waals surface area contributed by atoms with E-state index in [0.29, 0.717) is 18.1 Å². The zero-order chi connectivity index (χ0) is 20.7. The fourth-order valence-corrected chi connectivity index (χ4v) is 3.69. The molecule has 0 amide bonds. The number of allylic oxidation sites excluding steroid dienone is 1. The molecule has 0 unspecified atom stereocenters. The van der Waals surface area contributed by atoms with E-state index in [2.05, 4.69) is 33.7 Å². The lowest BCUT2D eigenvalue weighted by Crippen LogP contribution is -2.08. The number of fused-ring (bicyclic) bond motifs is 2. The topological polar surface area (TPSA) is 73.0 Å². The lowest BCUT2D eigenvalue weighted by atomic mass is 10.1. The fourth-order valence-electron chi connectivity index (χ4n) is 3.69. The first-order valence-electron chi connectivity index (χ1n) is 9.84. The number of aromatic nitrogens is 6. The van der Waals surface area contributed by atoms with Gasteiger partial charge in [-0.3, -0.25) is 8.97 Å². The minimum absolute atomic E-state index is 0.492. The molecule has 4 heterocycles. The Bertz CT molecular complexity index is 1370. The van der Waals surface area contributed by atoms with Gasteiger partial charge in [0.15, 0.2) is 5.82 Å². The Kier molecular flexibility index (Phi) is 4.35. The molecule has 0 fully saturated rings. The van der Waals surface area contributed by atoms with Gasteiger partial charge in [0.1, 0.15) is 5.82 Å². The standard InChI is InChI=1S/C23H22N6O/c1-15(2)20-13-26-22-23(27-21(14-29(20)22)28-10-9-24-16(28)3)30-11-8-17-12-25-19-7-5-4-6-18(17)19/h4-7,9-10,12-14,25H,1,8,11H2,2-3H3. The third kappa shape index (κ3) is 3.04. The van der Waals surface area contributed by atoms with Crippen LogP contribution < -0.4 is 4.74 Å². The Morgan fingerprint density at radius 3 is 2.90 bits per heavy atom. The molecule has 1 aromatic carbocycles. The molecular weight excluding hydrogens is 376 g/mol. The zero-order valence-electron chi connectivity index (χ0n) is 17.0. The van der Waals surface area contributed by atoms with Crippen molar-refractivity contribution in [3.05, 3.63) is 78.9 Å². The van der Waals surface area contributed by atoms with Gasteiger partial charge in [0.2, 0.25) is 5.65 Å². The summed E-state index contributed by atoms with van der Waals surface area (Å²) in [4.78, 5) is 16.9. The van der Waals surface area contributed by atoms with Gasteiger partial charge in [-0.15, -0.1) is 0 Å². The van der Waals surface area contributed by atoms with Crippen LogP contribution in [-0.2, 0) is 6.42 Å². The number of hydrogen-bond donors (Lipinski definition) is 1. The lowest BCUT2D eigenvalue weighted by Gasteiger charge is -2.11. The van der Waals surface area contributed by atoms with Crippen LogP contribution in [0.2, 0.25) is 0 Å². The Hall–Kier alpha value is -3.87. The summed E-state index contributed by atoms with van der Waals surface area (Å²) in [7, 11) is 0. The van der Waals surface area contributed by atoms with Crippen LogP contribution in [0.5, 0.6) is 5.88 Å². The Labute approximate surface area is 173 Å². The van der Waals surface area contributed by atoms with Crippen molar-refractivity contribution in [3.8, 4) is 11.7 Å². The highest BCUT2D eigenvalue weighted by molar-refractivity contribution is 5.83. The summed E-state index contributed by atoms with van der Waals surface area (Å²) in [6, 6.07) is 8.27. The van der Waals surface area contributed by atoms with E-state index in [0.717, 1.165) is 34.8 Å². The Morgan fingerprint density at radius 1 is 1.23 bits per heavy atom. The van der Waals surface area contributed by atoms with Crippen LogP contribution in [0.25, 0.3) is 27.9 Å². The van der Waals surface area contributed by atoms with Gasteiger partial charge in [-0.1, -0.05) is 24.8 Å². The quantitative estimate of drug-likeness (QED) is 0.461. The number of nitrogens with zero attached hydrogens (tertiary/aromatic N) is 5. The largest absolute Gasteiger partial charge is 0.475 e. The number of benzene rings is 1.